The van der Waals surface area contributed by atoms with Crippen molar-refractivity contribution < 1.29 is 9.90 Å². The SMILES string of the molecule is CC1=NN(c2nc(C)cc(O)n2)C(=O)C1. The molecule has 0 spiro atoms. The lowest BCUT2D eigenvalue weighted by Gasteiger charge is -2.09. The Morgan fingerprint density at radius 2 is 2.13 bits per heavy atom. The number of hydrazone groups is 1. The van der Waals surface area contributed by atoms with Gasteiger partial charge >= 0.3 is 0 Å². The second-order valence-corrected chi connectivity index (χ2v) is 3.39. The summed E-state index contributed by atoms with van der Waals surface area (Å²) in [7, 11) is 0. The molecule has 2 heterocycles. The van der Waals surface area contributed by atoms with Crippen LogP contribution in [-0.4, -0.2) is 26.7 Å². The van der Waals surface area contributed by atoms with E-state index in [0.717, 1.165) is 5.01 Å². The minimum absolute atomic E-state index is 0.120. The van der Waals surface area contributed by atoms with Crippen LogP contribution in [-0.2, 0) is 4.79 Å². The highest BCUT2D eigenvalue weighted by Crippen LogP contribution is 2.18. The van der Waals surface area contributed by atoms with E-state index in [4.69, 9.17) is 0 Å². The molecule has 1 aliphatic rings. The average molecular weight is 206 g/mol. The van der Waals surface area contributed by atoms with Crippen LogP contribution in [0.1, 0.15) is 19.0 Å². The van der Waals surface area contributed by atoms with E-state index in [1.54, 1.807) is 13.8 Å². The molecule has 0 unspecified atom stereocenters. The number of aromatic nitrogens is 2. The van der Waals surface area contributed by atoms with Crippen molar-refractivity contribution in [3.05, 3.63) is 11.8 Å². The predicted octanol–water partition coefficient (Wildman–Crippen LogP) is 0.603. The van der Waals surface area contributed by atoms with Crippen molar-refractivity contribution in [2.45, 2.75) is 20.3 Å². The van der Waals surface area contributed by atoms with E-state index < -0.39 is 0 Å². The minimum Gasteiger partial charge on any atom is -0.493 e. The van der Waals surface area contributed by atoms with Gasteiger partial charge in [0.1, 0.15) is 0 Å². The Labute approximate surface area is 86.3 Å². The van der Waals surface area contributed by atoms with Gasteiger partial charge in [0.15, 0.2) is 0 Å². The fraction of sp³-hybridized carbons (Fsp3) is 0.333. The molecule has 0 bridgehead atoms. The summed E-state index contributed by atoms with van der Waals surface area (Å²) in [5.74, 6) is -0.225. The van der Waals surface area contributed by atoms with E-state index in [-0.39, 0.29) is 24.2 Å². The Morgan fingerprint density at radius 1 is 1.40 bits per heavy atom. The van der Waals surface area contributed by atoms with E-state index in [1.807, 2.05) is 0 Å². The van der Waals surface area contributed by atoms with Gasteiger partial charge in [-0.25, -0.2) is 4.98 Å². The first-order chi connectivity index (χ1) is 7.06. The molecule has 6 nitrogen and oxygen atoms in total. The maximum atomic E-state index is 11.5. The van der Waals surface area contributed by atoms with Crippen LogP contribution >= 0.6 is 0 Å². The Kier molecular flexibility index (Phi) is 2.11. The molecule has 1 aliphatic heterocycles. The van der Waals surface area contributed by atoms with Gasteiger partial charge in [0.2, 0.25) is 5.88 Å². The lowest BCUT2D eigenvalue weighted by Crippen LogP contribution is -2.22. The molecule has 0 radical (unpaired) electrons. The van der Waals surface area contributed by atoms with Crippen molar-refractivity contribution in [2.75, 3.05) is 5.01 Å². The molecule has 6 heteroatoms. The molecular weight excluding hydrogens is 196 g/mol. The predicted molar refractivity (Wildman–Crippen MR) is 53.6 cm³/mol. The molecule has 0 aromatic carbocycles. The van der Waals surface area contributed by atoms with Crippen molar-refractivity contribution in [3.63, 3.8) is 0 Å². The van der Waals surface area contributed by atoms with Crippen LogP contribution in [0.15, 0.2) is 11.2 Å². The molecule has 1 amide bonds. The maximum Gasteiger partial charge on any atom is 0.257 e. The van der Waals surface area contributed by atoms with Gasteiger partial charge in [0, 0.05) is 17.5 Å². The van der Waals surface area contributed by atoms with Gasteiger partial charge < -0.3 is 5.11 Å². The lowest BCUT2D eigenvalue weighted by atomic mass is 10.3. The van der Waals surface area contributed by atoms with Gasteiger partial charge in [-0.1, -0.05) is 0 Å². The van der Waals surface area contributed by atoms with Crippen LogP contribution in [0.4, 0.5) is 5.95 Å². The molecule has 0 saturated heterocycles. The van der Waals surface area contributed by atoms with E-state index >= 15 is 0 Å². The Morgan fingerprint density at radius 3 is 2.67 bits per heavy atom. The van der Waals surface area contributed by atoms with E-state index in [0.29, 0.717) is 11.4 Å². The second-order valence-electron chi connectivity index (χ2n) is 3.39. The third-order valence-electron chi connectivity index (χ3n) is 1.93. The Hall–Kier alpha value is -1.98. The number of carbonyl (C=O) groups is 1. The van der Waals surface area contributed by atoms with Gasteiger partial charge in [-0.2, -0.15) is 15.1 Å². The number of carbonyl (C=O) groups excluding carboxylic acids is 1. The Balaban J connectivity index is 2.41. The number of amides is 1. The highest BCUT2D eigenvalue weighted by Gasteiger charge is 2.25. The van der Waals surface area contributed by atoms with Crippen molar-refractivity contribution in [1.82, 2.24) is 9.97 Å². The van der Waals surface area contributed by atoms with Crippen LogP contribution in [0, 0.1) is 6.92 Å². The summed E-state index contributed by atoms with van der Waals surface area (Å²) < 4.78 is 0. The lowest BCUT2D eigenvalue weighted by molar-refractivity contribution is -0.117. The summed E-state index contributed by atoms with van der Waals surface area (Å²) in [6.07, 6.45) is 0.276. The summed E-state index contributed by atoms with van der Waals surface area (Å²) >= 11 is 0. The van der Waals surface area contributed by atoms with Crippen LogP contribution in [0.3, 0.4) is 0 Å². The number of rotatable bonds is 1. The second kappa shape index (κ2) is 3.30. The van der Waals surface area contributed by atoms with Crippen molar-refractivity contribution in [1.29, 1.82) is 0 Å². The molecule has 0 fully saturated rings. The normalized spacial score (nSPS) is 15.7. The monoisotopic (exact) mass is 206 g/mol. The van der Waals surface area contributed by atoms with Gasteiger partial charge in [-0.05, 0) is 13.8 Å². The number of aryl methyl sites for hydroxylation is 1. The van der Waals surface area contributed by atoms with Crippen LogP contribution in [0.5, 0.6) is 5.88 Å². The van der Waals surface area contributed by atoms with Crippen molar-refractivity contribution >= 4 is 17.6 Å². The first kappa shape index (κ1) is 9.57. The van der Waals surface area contributed by atoms with Crippen molar-refractivity contribution in [2.24, 2.45) is 5.10 Å². The van der Waals surface area contributed by atoms with Crippen LogP contribution < -0.4 is 5.01 Å². The quantitative estimate of drug-likeness (QED) is 0.729. The third kappa shape index (κ3) is 1.78. The van der Waals surface area contributed by atoms with Crippen LogP contribution in [0.25, 0.3) is 0 Å². The largest absolute Gasteiger partial charge is 0.493 e. The highest BCUT2D eigenvalue weighted by molar-refractivity contribution is 6.11. The molecule has 0 saturated carbocycles. The maximum absolute atomic E-state index is 11.5. The zero-order valence-electron chi connectivity index (χ0n) is 8.43. The summed E-state index contributed by atoms with van der Waals surface area (Å²) in [4.78, 5) is 19.2. The average Bonchev–Trinajstić information content (AvgIpc) is 2.43. The molecule has 0 aliphatic carbocycles. The van der Waals surface area contributed by atoms with E-state index in [2.05, 4.69) is 15.1 Å². The summed E-state index contributed by atoms with van der Waals surface area (Å²) in [5.41, 5.74) is 1.30. The van der Waals surface area contributed by atoms with Gasteiger partial charge in [-0.3, -0.25) is 4.79 Å². The number of hydrogen-bond donors (Lipinski definition) is 1. The molecule has 78 valence electrons. The molecule has 1 aromatic heterocycles. The topological polar surface area (TPSA) is 78.7 Å². The standard InChI is InChI=1S/C9H10N4O2/c1-5-3-7(14)11-9(10-5)13-8(15)4-6(2)12-13/h3H,4H2,1-2H3,(H,10,11,14). The number of hydrogen-bond acceptors (Lipinski definition) is 5. The summed E-state index contributed by atoms with van der Waals surface area (Å²) in [5, 5.41) is 14.4. The number of nitrogens with zero attached hydrogens (tertiary/aromatic N) is 4. The number of aromatic hydroxyl groups is 1. The van der Waals surface area contributed by atoms with Gasteiger partial charge in [-0.15, -0.1) is 0 Å². The molecule has 15 heavy (non-hydrogen) atoms. The first-order valence-corrected chi connectivity index (χ1v) is 4.48. The van der Waals surface area contributed by atoms with E-state index in [1.165, 1.54) is 6.07 Å². The fourth-order valence-electron chi connectivity index (χ4n) is 1.34. The molecule has 1 N–H and O–H groups in total. The third-order valence-corrected chi connectivity index (χ3v) is 1.93. The number of anilines is 1. The van der Waals surface area contributed by atoms with Gasteiger partial charge in [0.25, 0.3) is 11.9 Å². The molecular formula is C9H10N4O2. The zero-order chi connectivity index (χ0) is 11.0. The highest BCUT2D eigenvalue weighted by atomic mass is 16.3. The zero-order valence-corrected chi connectivity index (χ0v) is 8.43. The molecule has 1 aromatic rings. The summed E-state index contributed by atoms with van der Waals surface area (Å²) in [6, 6.07) is 1.42. The fourth-order valence-corrected chi connectivity index (χ4v) is 1.34. The minimum atomic E-state index is -0.183. The van der Waals surface area contributed by atoms with Crippen LogP contribution in [0.2, 0.25) is 0 Å². The van der Waals surface area contributed by atoms with E-state index in [9.17, 15) is 9.90 Å². The summed E-state index contributed by atoms with van der Waals surface area (Å²) in [6.45, 7) is 3.47. The Bertz CT molecular complexity index is 435. The molecule has 2 rings (SSSR count). The van der Waals surface area contributed by atoms with Gasteiger partial charge in [0.05, 0.1) is 6.42 Å². The van der Waals surface area contributed by atoms with Crippen molar-refractivity contribution in [3.8, 4) is 5.88 Å². The molecule has 0 atom stereocenters. The first-order valence-electron chi connectivity index (χ1n) is 4.48. The smallest absolute Gasteiger partial charge is 0.257 e.